The summed E-state index contributed by atoms with van der Waals surface area (Å²) in [6, 6.07) is 34.1. The molecule has 4 rings (SSSR count). The van der Waals surface area contributed by atoms with Crippen LogP contribution in [0.15, 0.2) is 113 Å². The summed E-state index contributed by atoms with van der Waals surface area (Å²) < 4.78 is 5.64. The Morgan fingerprint density at radius 2 is 1.23 bits per heavy atom. The molecular weight excluding hydrogens is 451 g/mol. The fourth-order valence-corrected chi connectivity index (χ4v) is 4.72. The van der Waals surface area contributed by atoms with Crippen molar-refractivity contribution < 1.29 is 0 Å². The molecule has 0 saturated carbocycles. The van der Waals surface area contributed by atoms with Crippen LogP contribution in [0.2, 0.25) is 10.0 Å². The third-order valence-corrected chi connectivity index (χ3v) is 6.59. The van der Waals surface area contributed by atoms with Crippen molar-refractivity contribution in [2.24, 2.45) is 0 Å². The molecule has 6 heteroatoms. The number of hydrogen-bond donors (Lipinski definition) is 1. The summed E-state index contributed by atoms with van der Waals surface area (Å²) in [5, 5.41) is 1.38. The standard InChI is InChI=1S/C24H18Cl2N2S2/c25-18-11-14-20(15-12-18)28(30-22-9-5-2-6-10-22)24-17-19(26)13-16-23(24)27-29-21-7-3-1-4-8-21/h1-17,27H. The number of halogens is 2. The topological polar surface area (TPSA) is 15.3 Å². The molecule has 0 atom stereocenters. The van der Waals surface area contributed by atoms with E-state index in [1.54, 1.807) is 23.9 Å². The number of nitrogens with zero attached hydrogens (tertiary/aromatic N) is 1. The van der Waals surface area contributed by atoms with Crippen LogP contribution in [0.4, 0.5) is 17.1 Å². The molecule has 0 aliphatic rings. The third-order valence-electron chi connectivity index (χ3n) is 4.20. The first kappa shape index (κ1) is 21.0. The highest BCUT2D eigenvalue weighted by molar-refractivity contribution is 8.01. The van der Waals surface area contributed by atoms with Crippen molar-refractivity contribution in [3.63, 3.8) is 0 Å². The molecule has 150 valence electrons. The fourth-order valence-electron chi connectivity index (χ4n) is 2.77. The van der Waals surface area contributed by atoms with Crippen LogP contribution in [0.1, 0.15) is 0 Å². The van der Waals surface area contributed by atoms with E-state index in [1.807, 2.05) is 78.9 Å². The Hall–Kier alpha value is -2.24. The zero-order valence-corrected chi connectivity index (χ0v) is 19.0. The van der Waals surface area contributed by atoms with E-state index in [-0.39, 0.29) is 0 Å². The molecule has 0 aromatic heterocycles. The minimum absolute atomic E-state index is 0.674. The van der Waals surface area contributed by atoms with Crippen LogP contribution in [0.5, 0.6) is 0 Å². The molecule has 4 aromatic carbocycles. The number of benzene rings is 4. The van der Waals surface area contributed by atoms with E-state index in [0.29, 0.717) is 10.0 Å². The van der Waals surface area contributed by atoms with Gasteiger partial charge >= 0.3 is 0 Å². The highest BCUT2D eigenvalue weighted by Crippen LogP contribution is 2.43. The Kier molecular flexibility index (Phi) is 7.13. The van der Waals surface area contributed by atoms with Gasteiger partial charge in [-0.25, -0.2) is 0 Å². The molecule has 0 aliphatic carbocycles. The van der Waals surface area contributed by atoms with Gasteiger partial charge in [0.25, 0.3) is 0 Å². The number of anilines is 3. The van der Waals surface area contributed by atoms with Gasteiger partial charge in [0.05, 0.1) is 17.1 Å². The first-order valence-electron chi connectivity index (χ1n) is 9.25. The second-order valence-corrected chi connectivity index (χ2v) is 9.13. The minimum atomic E-state index is 0.674. The second-order valence-electron chi connectivity index (χ2n) is 6.35. The van der Waals surface area contributed by atoms with E-state index in [9.17, 15) is 0 Å². The zero-order chi connectivity index (χ0) is 20.8. The summed E-state index contributed by atoms with van der Waals surface area (Å²) in [6.07, 6.45) is 0. The van der Waals surface area contributed by atoms with Gasteiger partial charge in [0.2, 0.25) is 0 Å². The van der Waals surface area contributed by atoms with Crippen molar-refractivity contribution in [1.82, 2.24) is 0 Å². The van der Waals surface area contributed by atoms with Gasteiger partial charge < -0.3 is 4.72 Å². The summed E-state index contributed by atoms with van der Waals surface area (Å²) >= 11 is 15.7. The van der Waals surface area contributed by atoms with Crippen molar-refractivity contribution >= 4 is 64.2 Å². The summed E-state index contributed by atoms with van der Waals surface area (Å²) in [5.41, 5.74) is 2.93. The molecule has 0 aliphatic heterocycles. The van der Waals surface area contributed by atoms with Crippen molar-refractivity contribution in [3.05, 3.63) is 113 Å². The molecule has 0 spiro atoms. The smallest absolute Gasteiger partial charge is 0.0783 e. The van der Waals surface area contributed by atoms with E-state index < -0.39 is 0 Å². The monoisotopic (exact) mass is 468 g/mol. The van der Waals surface area contributed by atoms with Crippen LogP contribution in [0.3, 0.4) is 0 Å². The molecule has 4 aromatic rings. The van der Waals surface area contributed by atoms with E-state index in [0.717, 1.165) is 26.9 Å². The lowest BCUT2D eigenvalue weighted by molar-refractivity contribution is 1.39. The number of nitrogens with one attached hydrogen (secondary N) is 1. The van der Waals surface area contributed by atoms with Gasteiger partial charge in [-0.1, -0.05) is 59.6 Å². The average molecular weight is 469 g/mol. The normalized spacial score (nSPS) is 10.6. The Labute approximate surface area is 195 Å². The summed E-state index contributed by atoms with van der Waals surface area (Å²) in [4.78, 5) is 2.25. The van der Waals surface area contributed by atoms with E-state index >= 15 is 0 Å². The van der Waals surface area contributed by atoms with Gasteiger partial charge in [-0.2, -0.15) is 0 Å². The van der Waals surface area contributed by atoms with Crippen molar-refractivity contribution in [1.29, 1.82) is 0 Å². The van der Waals surface area contributed by atoms with E-state index in [2.05, 4.69) is 33.3 Å². The molecule has 30 heavy (non-hydrogen) atoms. The maximum absolute atomic E-state index is 6.40. The van der Waals surface area contributed by atoms with Crippen LogP contribution < -0.4 is 9.03 Å². The highest BCUT2D eigenvalue weighted by atomic mass is 35.5. The summed E-state index contributed by atoms with van der Waals surface area (Å²) in [5.74, 6) is 0. The highest BCUT2D eigenvalue weighted by Gasteiger charge is 2.17. The van der Waals surface area contributed by atoms with Gasteiger partial charge in [0, 0.05) is 19.8 Å². The molecule has 0 saturated heterocycles. The Morgan fingerprint density at radius 3 is 1.90 bits per heavy atom. The number of rotatable bonds is 7. The quantitative estimate of drug-likeness (QED) is 0.272. The lowest BCUT2D eigenvalue weighted by Crippen LogP contribution is -2.09. The molecule has 0 heterocycles. The predicted octanol–water partition coefficient (Wildman–Crippen LogP) is 8.96. The Balaban J connectivity index is 1.71. The van der Waals surface area contributed by atoms with Crippen molar-refractivity contribution in [3.8, 4) is 0 Å². The largest absolute Gasteiger partial charge is 0.324 e. The molecule has 0 radical (unpaired) electrons. The van der Waals surface area contributed by atoms with Crippen LogP contribution in [0, 0.1) is 0 Å². The maximum atomic E-state index is 6.40. The second kappa shape index (κ2) is 10.2. The van der Waals surface area contributed by atoms with Crippen molar-refractivity contribution in [2.45, 2.75) is 9.79 Å². The lowest BCUT2D eigenvalue weighted by atomic mass is 10.2. The summed E-state index contributed by atoms with van der Waals surface area (Å²) in [7, 11) is 0. The molecular formula is C24H18Cl2N2S2. The van der Waals surface area contributed by atoms with E-state index in [1.165, 1.54) is 0 Å². The van der Waals surface area contributed by atoms with Gasteiger partial charge in [-0.15, -0.1) is 0 Å². The minimum Gasteiger partial charge on any atom is -0.324 e. The molecule has 1 N–H and O–H groups in total. The van der Waals surface area contributed by atoms with Gasteiger partial charge in [-0.3, -0.25) is 4.31 Å². The van der Waals surface area contributed by atoms with Crippen LogP contribution in [0.25, 0.3) is 0 Å². The molecule has 0 unspecified atom stereocenters. The SMILES string of the molecule is Clc1ccc(N(Sc2ccccc2)c2cc(Cl)ccc2NSc2ccccc2)cc1. The molecule has 2 nitrogen and oxygen atoms in total. The Morgan fingerprint density at radius 1 is 0.633 bits per heavy atom. The van der Waals surface area contributed by atoms with Crippen molar-refractivity contribution in [2.75, 3.05) is 9.03 Å². The zero-order valence-electron chi connectivity index (χ0n) is 15.8. The predicted molar refractivity (Wildman–Crippen MR) is 133 cm³/mol. The maximum Gasteiger partial charge on any atom is 0.0783 e. The van der Waals surface area contributed by atoms with Crippen LogP contribution >= 0.6 is 47.1 Å². The first-order chi connectivity index (χ1) is 14.7. The van der Waals surface area contributed by atoms with Crippen LogP contribution in [-0.4, -0.2) is 0 Å². The van der Waals surface area contributed by atoms with Crippen LogP contribution in [-0.2, 0) is 0 Å². The summed E-state index contributed by atoms with van der Waals surface area (Å²) in [6.45, 7) is 0. The third kappa shape index (κ3) is 5.46. The Bertz CT molecular complexity index is 1090. The molecule has 0 amide bonds. The molecule has 0 fully saturated rings. The number of hydrogen-bond acceptors (Lipinski definition) is 4. The average Bonchev–Trinajstić information content (AvgIpc) is 2.79. The van der Waals surface area contributed by atoms with Gasteiger partial charge in [0.1, 0.15) is 0 Å². The van der Waals surface area contributed by atoms with Gasteiger partial charge in [-0.05, 0) is 90.6 Å². The fraction of sp³-hybridized carbons (Fsp3) is 0. The van der Waals surface area contributed by atoms with Gasteiger partial charge in [0.15, 0.2) is 0 Å². The van der Waals surface area contributed by atoms with E-state index in [4.69, 9.17) is 23.2 Å². The molecule has 0 bridgehead atoms. The lowest BCUT2D eigenvalue weighted by Gasteiger charge is -2.26. The first-order valence-corrected chi connectivity index (χ1v) is 11.6.